The first kappa shape index (κ1) is 44.9. The van der Waals surface area contributed by atoms with Crippen molar-refractivity contribution in [1.29, 1.82) is 0 Å². The molecule has 3 aliphatic heterocycles. The standard InChI is InChI=1S/C44H81NO5S2Si3/c1-31(46)45(21-22-47-53(12,13)38(2,3)4)30-42-27-36-37-34(44(42,48-36)29-43(28-42)51-23-18-24-52-43)26-35(50-55(16,17)40(8,9)10)33-25-32(19-20-41(33,37)11)49-54(14,15)39(5,6)7/h32-33,35-36H,18-30H2,1-17H3/t32-,33-,35-,36?,41-,42+,44+/m0/s1. The highest BCUT2D eigenvalue weighted by Crippen LogP contribution is 2.77. The van der Waals surface area contributed by atoms with E-state index in [2.05, 4.69) is 137 Å². The average Bonchev–Trinajstić information content (AvgIpc) is 3.58. The van der Waals surface area contributed by atoms with E-state index in [1.54, 1.807) is 18.1 Å². The molecule has 1 unspecified atom stereocenters. The first-order valence-electron chi connectivity index (χ1n) is 21.9. The van der Waals surface area contributed by atoms with Gasteiger partial charge in [0.25, 0.3) is 0 Å². The van der Waals surface area contributed by atoms with Crippen molar-refractivity contribution in [2.75, 3.05) is 31.2 Å². The predicted molar refractivity (Wildman–Crippen MR) is 243 cm³/mol. The Morgan fingerprint density at radius 3 is 2.02 bits per heavy atom. The van der Waals surface area contributed by atoms with Gasteiger partial charge < -0.3 is 22.9 Å². The number of rotatable bonds is 10. The van der Waals surface area contributed by atoms with E-state index in [1.807, 2.05) is 0 Å². The Labute approximate surface area is 349 Å². The fraction of sp³-hybridized carbons (Fsp3) is 0.932. The monoisotopic (exact) mass is 851 g/mol. The van der Waals surface area contributed by atoms with E-state index in [9.17, 15) is 4.79 Å². The summed E-state index contributed by atoms with van der Waals surface area (Å²) in [6.07, 6.45) is 9.32. The summed E-state index contributed by atoms with van der Waals surface area (Å²) in [7, 11) is -5.98. The van der Waals surface area contributed by atoms with Crippen LogP contribution in [0, 0.1) is 16.7 Å². The second kappa shape index (κ2) is 14.5. The number of hydrogen-bond acceptors (Lipinski definition) is 7. The quantitative estimate of drug-likeness (QED) is 0.160. The maximum atomic E-state index is 13.7. The summed E-state index contributed by atoms with van der Waals surface area (Å²) < 4.78 is 29.5. The molecule has 0 aromatic rings. The van der Waals surface area contributed by atoms with Crippen LogP contribution in [0.25, 0.3) is 0 Å². The third kappa shape index (κ3) is 7.80. The van der Waals surface area contributed by atoms with Gasteiger partial charge in [-0.05, 0) is 133 Å². The lowest BCUT2D eigenvalue weighted by atomic mass is 9.50. The summed E-state index contributed by atoms with van der Waals surface area (Å²) in [4.78, 5) is 15.8. The summed E-state index contributed by atoms with van der Waals surface area (Å²) in [5, 5.41) is 0.448. The number of carbonyl (C=O) groups is 1. The van der Waals surface area contributed by atoms with Gasteiger partial charge in [0.15, 0.2) is 25.0 Å². The second-order valence-corrected chi connectivity index (χ2v) is 41.1. The maximum Gasteiger partial charge on any atom is 0.219 e. The van der Waals surface area contributed by atoms with Crippen LogP contribution in [0.2, 0.25) is 54.4 Å². The lowest BCUT2D eigenvalue weighted by Crippen LogP contribution is -2.58. The van der Waals surface area contributed by atoms with Crippen molar-refractivity contribution in [2.24, 2.45) is 16.7 Å². The van der Waals surface area contributed by atoms with Gasteiger partial charge in [0, 0.05) is 38.0 Å². The molecule has 2 bridgehead atoms. The zero-order valence-electron chi connectivity index (χ0n) is 38.3. The number of thioether (sulfide) groups is 2. The highest BCUT2D eigenvalue weighted by atomic mass is 32.2. The van der Waals surface area contributed by atoms with Crippen molar-refractivity contribution >= 4 is 54.4 Å². The highest BCUT2D eigenvalue weighted by molar-refractivity contribution is 8.18. The van der Waals surface area contributed by atoms with Crippen molar-refractivity contribution < 1.29 is 22.8 Å². The number of amides is 1. The summed E-state index contributed by atoms with van der Waals surface area (Å²) in [6.45, 7) is 42.0. The Bertz CT molecular complexity index is 1510. The molecule has 3 aliphatic carbocycles. The average molecular weight is 853 g/mol. The minimum Gasteiger partial charge on any atom is -0.415 e. The van der Waals surface area contributed by atoms with Crippen molar-refractivity contribution in [3.05, 3.63) is 11.1 Å². The number of hydrogen-bond donors (Lipinski definition) is 0. The molecule has 0 aromatic carbocycles. The van der Waals surface area contributed by atoms with Crippen LogP contribution in [0.15, 0.2) is 11.1 Å². The van der Waals surface area contributed by atoms with Crippen LogP contribution in [0.3, 0.4) is 0 Å². The van der Waals surface area contributed by atoms with Crippen LogP contribution >= 0.6 is 23.5 Å². The Morgan fingerprint density at radius 1 is 0.873 bits per heavy atom. The van der Waals surface area contributed by atoms with Crippen LogP contribution in [0.5, 0.6) is 0 Å². The molecule has 2 spiro atoms. The Balaban J connectivity index is 1.39. The fourth-order valence-corrected chi connectivity index (χ4v) is 18.2. The van der Waals surface area contributed by atoms with Gasteiger partial charge in [0.05, 0.1) is 22.9 Å². The largest absolute Gasteiger partial charge is 0.415 e. The molecule has 0 radical (unpaired) electrons. The van der Waals surface area contributed by atoms with E-state index in [-0.39, 0.29) is 59.8 Å². The van der Waals surface area contributed by atoms with E-state index >= 15 is 0 Å². The van der Waals surface area contributed by atoms with E-state index in [4.69, 9.17) is 18.0 Å². The zero-order valence-corrected chi connectivity index (χ0v) is 42.9. The van der Waals surface area contributed by atoms with E-state index in [0.717, 1.165) is 51.5 Å². The van der Waals surface area contributed by atoms with Gasteiger partial charge >= 0.3 is 0 Å². The number of carbonyl (C=O) groups excluding carboxylic acids is 1. The minimum absolute atomic E-state index is 0.0219. The lowest BCUT2D eigenvalue weighted by Gasteiger charge is -2.57. The first-order valence-corrected chi connectivity index (χ1v) is 32.6. The molecule has 0 aromatic heterocycles. The van der Waals surface area contributed by atoms with E-state index in [1.165, 1.54) is 17.9 Å². The van der Waals surface area contributed by atoms with Crippen LogP contribution < -0.4 is 0 Å². The van der Waals surface area contributed by atoms with Gasteiger partial charge in [-0.3, -0.25) is 4.79 Å². The molecule has 1 amide bonds. The number of fused-ring (bicyclic) bond motifs is 4. The molecule has 4 fully saturated rings. The van der Waals surface area contributed by atoms with Gasteiger partial charge in [0.2, 0.25) is 5.91 Å². The molecule has 0 N–H and O–H groups in total. The molecule has 2 saturated carbocycles. The Morgan fingerprint density at radius 2 is 1.45 bits per heavy atom. The molecule has 55 heavy (non-hydrogen) atoms. The van der Waals surface area contributed by atoms with Gasteiger partial charge in [-0.1, -0.05) is 69.2 Å². The summed E-state index contributed by atoms with van der Waals surface area (Å²) in [6, 6.07) is 0. The fourth-order valence-electron chi connectivity index (χ4n) is 10.7. The summed E-state index contributed by atoms with van der Waals surface area (Å²) >= 11 is 4.41. The third-order valence-electron chi connectivity index (χ3n) is 16.9. The molecule has 7 atom stereocenters. The highest BCUT2D eigenvalue weighted by Gasteiger charge is 2.77. The van der Waals surface area contributed by atoms with Crippen LogP contribution in [0.4, 0.5) is 0 Å². The zero-order chi connectivity index (χ0) is 41.1. The van der Waals surface area contributed by atoms with Crippen LogP contribution in [0.1, 0.15) is 128 Å². The van der Waals surface area contributed by atoms with Crippen molar-refractivity contribution in [1.82, 2.24) is 4.90 Å². The second-order valence-electron chi connectivity index (χ2n) is 23.6. The topological polar surface area (TPSA) is 57.2 Å². The molecule has 3 heterocycles. The number of ether oxygens (including phenoxy) is 1. The summed E-state index contributed by atoms with van der Waals surface area (Å²) in [5.74, 6) is 3.02. The molecular formula is C44H81NO5S2Si3. The molecular weight excluding hydrogens is 771 g/mol. The van der Waals surface area contributed by atoms with E-state index in [0.29, 0.717) is 19.1 Å². The molecule has 6 rings (SSSR count). The minimum atomic E-state index is -2.11. The predicted octanol–water partition coefficient (Wildman–Crippen LogP) is 12.0. The molecule has 316 valence electrons. The smallest absolute Gasteiger partial charge is 0.219 e. The third-order valence-corrected chi connectivity index (χ3v) is 33.8. The van der Waals surface area contributed by atoms with E-state index < -0.39 is 25.0 Å². The molecule has 2 saturated heterocycles. The molecule has 6 aliphatic rings. The van der Waals surface area contributed by atoms with Gasteiger partial charge in [-0.25, -0.2) is 0 Å². The van der Waals surface area contributed by atoms with Crippen LogP contribution in [-0.4, -0.2) is 95.0 Å². The van der Waals surface area contributed by atoms with Gasteiger partial charge in [-0.2, -0.15) is 0 Å². The lowest BCUT2D eigenvalue weighted by molar-refractivity contribution is -0.132. The first-order chi connectivity index (χ1) is 24.9. The number of nitrogens with zero attached hydrogens (tertiary/aromatic N) is 1. The molecule has 11 heteroatoms. The normalized spacial score (nSPS) is 35.2. The Kier molecular flexibility index (Phi) is 11.9. The van der Waals surface area contributed by atoms with Crippen molar-refractivity contribution in [3.63, 3.8) is 0 Å². The Hall–Kier alpha value is 0.401. The molecule has 6 nitrogen and oxygen atoms in total. The van der Waals surface area contributed by atoms with Crippen LogP contribution in [-0.2, 0) is 22.8 Å². The van der Waals surface area contributed by atoms with Crippen molar-refractivity contribution in [3.8, 4) is 0 Å². The summed E-state index contributed by atoms with van der Waals surface area (Å²) in [5.41, 5.74) is 2.81. The van der Waals surface area contributed by atoms with Gasteiger partial charge in [0.1, 0.15) is 5.60 Å². The SMILES string of the molecule is CC(=O)N(CCO[Si](C)(C)C(C)(C)C)C[C@]12CC3O[C@]1(CC1(C2)SCCCS1)C1=C3[C@@]2(C)CC[C@H](O[Si](C)(C)C(C)(C)C)C[C@H]2[C@@H](O[Si](C)(C)C(C)(C)C)C1. The van der Waals surface area contributed by atoms with Gasteiger partial charge in [-0.15, -0.1) is 23.5 Å². The maximum absolute atomic E-state index is 13.7. The van der Waals surface area contributed by atoms with Crippen molar-refractivity contribution in [2.45, 2.75) is 210 Å².